The molecule has 1 nitrogen and oxygen atoms in total. The van der Waals surface area contributed by atoms with Crippen LogP contribution in [0.1, 0.15) is 49.9 Å². The molecule has 1 heterocycles. The molecule has 9 aromatic rings. The molecule has 2 heteroatoms. The Balaban J connectivity index is 1.19. The lowest BCUT2D eigenvalue weighted by atomic mass is 9.78. The number of thiophene rings is 1. The van der Waals surface area contributed by atoms with Gasteiger partial charge in [0.15, 0.2) is 0 Å². The molecule has 2 aliphatic rings. The van der Waals surface area contributed by atoms with Crippen LogP contribution in [0.4, 0.5) is 17.1 Å². The first-order valence-corrected chi connectivity index (χ1v) is 19.8. The third-order valence-electron chi connectivity index (χ3n) is 12.4. The van der Waals surface area contributed by atoms with Crippen molar-refractivity contribution in [3.63, 3.8) is 0 Å². The van der Waals surface area contributed by atoms with Crippen molar-refractivity contribution in [2.45, 2.75) is 38.5 Å². The molecule has 11 rings (SSSR count). The van der Waals surface area contributed by atoms with E-state index in [0.29, 0.717) is 0 Å². The molecule has 2 aliphatic carbocycles. The van der Waals surface area contributed by atoms with Gasteiger partial charge in [-0.25, -0.2) is 0 Å². The maximum Gasteiger partial charge on any atom is 0.0508 e. The molecule has 0 aliphatic heterocycles. The highest BCUT2D eigenvalue weighted by molar-refractivity contribution is 7.26. The zero-order chi connectivity index (χ0) is 36.3. The highest BCUT2D eigenvalue weighted by Crippen LogP contribution is 2.60. The van der Waals surface area contributed by atoms with Crippen LogP contribution in [0, 0.1) is 0 Å². The Kier molecular flexibility index (Phi) is 6.59. The van der Waals surface area contributed by atoms with Crippen LogP contribution >= 0.6 is 11.3 Å². The summed E-state index contributed by atoms with van der Waals surface area (Å²) >= 11 is 1.94. The van der Waals surface area contributed by atoms with Gasteiger partial charge in [-0.05, 0) is 97.4 Å². The van der Waals surface area contributed by atoms with Gasteiger partial charge in [0.25, 0.3) is 0 Å². The number of benzene rings is 8. The standard InChI is InChI=1S/C52H39NS/c1-51(2)42-22-12-10-17-36(42)37-30-29-35(31-43(37)51)53(34-27-25-33(26-28-34)32-15-6-5-7-16-32)44-23-14-21-41-46-38-18-8-9-19-39(38)50-47(49(46)52(3,4)48(41)44)40-20-11-13-24-45(40)54-50/h5-31H,1-4H3. The Hall–Kier alpha value is -5.96. The summed E-state index contributed by atoms with van der Waals surface area (Å²) < 4.78 is 2.74. The lowest BCUT2D eigenvalue weighted by Crippen LogP contribution is -2.21. The summed E-state index contributed by atoms with van der Waals surface area (Å²) in [4.78, 5) is 2.53. The van der Waals surface area contributed by atoms with E-state index in [1.807, 2.05) is 11.3 Å². The molecule has 1 aromatic heterocycles. The topological polar surface area (TPSA) is 3.24 Å². The molecule has 0 N–H and O–H groups in total. The monoisotopic (exact) mass is 709 g/mol. The second-order valence-electron chi connectivity index (χ2n) is 16.1. The minimum Gasteiger partial charge on any atom is -0.310 e. The molecule has 8 aromatic carbocycles. The average molecular weight is 710 g/mol. The van der Waals surface area contributed by atoms with Gasteiger partial charge in [-0.3, -0.25) is 0 Å². The lowest BCUT2D eigenvalue weighted by Gasteiger charge is -2.33. The van der Waals surface area contributed by atoms with Crippen LogP contribution in [0.2, 0.25) is 0 Å². The summed E-state index contributed by atoms with van der Waals surface area (Å²) in [6, 6.07) is 61.1. The SMILES string of the molecule is CC1(C)c2ccccc2-c2ccc(N(c3ccc(-c4ccccc4)cc3)c3cccc4c3C(C)(C)c3c-4c4ccccc4c4sc5ccccc5c34)cc21. The highest BCUT2D eigenvalue weighted by atomic mass is 32.1. The Bertz CT molecular complexity index is 2980. The highest BCUT2D eigenvalue weighted by Gasteiger charge is 2.43. The van der Waals surface area contributed by atoms with Crippen LogP contribution in [-0.2, 0) is 10.8 Å². The second kappa shape index (κ2) is 11.3. The molecule has 0 saturated carbocycles. The molecule has 0 spiro atoms. The molecule has 0 unspecified atom stereocenters. The third kappa shape index (κ3) is 4.26. The van der Waals surface area contributed by atoms with E-state index >= 15 is 0 Å². The molecule has 54 heavy (non-hydrogen) atoms. The van der Waals surface area contributed by atoms with Crippen molar-refractivity contribution >= 4 is 59.3 Å². The second-order valence-corrected chi connectivity index (χ2v) is 17.1. The fourth-order valence-corrected chi connectivity index (χ4v) is 11.2. The fourth-order valence-electron chi connectivity index (χ4n) is 9.96. The molecule has 0 fully saturated rings. The Morgan fingerprint density at radius 3 is 1.89 bits per heavy atom. The summed E-state index contributed by atoms with van der Waals surface area (Å²) in [5.41, 5.74) is 16.6. The van der Waals surface area contributed by atoms with E-state index in [9.17, 15) is 0 Å². The maximum absolute atomic E-state index is 2.53. The Morgan fingerprint density at radius 1 is 0.444 bits per heavy atom. The van der Waals surface area contributed by atoms with Crippen molar-refractivity contribution in [2.75, 3.05) is 4.90 Å². The number of hydrogen-bond donors (Lipinski definition) is 0. The smallest absolute Gasteiger partial charge is 0.0508 e. The first kappa shape index (κ1) is 31.6. The predicted octanol–water partition coefficient (Wildman–Crippen LogP) is 15.0. The molecule has 0 bridgehead atoms. The van der Waals surface area contributed by atoms with Crippen LogP contribution in [0.25, 0.3) is 64.3 Å². The van der Waals surface area contributed by atoms with Gasteiger partial charge in [-0.1, -0.05) is 155 Å². The van der Waals surface area contributed by atoms with E-state index in [4.69, 9.17) is 0 Å². The summed E-state index contributed by atoms with van der Waals surface area (Å²) in [6.45, 7) is 9.67. The van der Waals surface area contributed by atoms with E-state index in [1.165, 1.54) is 98.0 Å². The number of hydrogen-bond acceptors (Lipinski definition) is 2. The summed E-state index contributed by atoms with van der Waals surface area (Å²) in [5.74, 6) is 0. The molecule has 0 amide bonds. The lowest BCUT2D eigenvalue weighted by molar-refractivity contribution is 0.660. The van der Waals surface area contributed by atoms with Crippen LogP contribution in [0.5, 0.6) is 0 Å². The summed E-state index contributed by atoms with van der Waals surface area (Å²) in [5, 5.41) is 5.45. The molecule has 0 atom stereocenters. The van der Waals surface area contributed by atoms with Crippen molar-refractivity contribution in [3.05, 3.63) is 186 Å². The van der Waals surface area contributed by atoms with E-state index in [2.05, 4.69) is 196 Å². The minimum absolute atomic E-state index is 0.108. The number of nitrogens with zero attached hydrogens (tertiary/aromatic N) is 1. The first-order chi connectivity index (χ1) is 26.3. The number of rotatable bonds is 4. The van der Waals surface area contributed by atoms with Gasteiger partial charge < -0.3 is 4.90 Å². The van der Waals surface area contributed by atoms with Crippen molar-refractivity contribution in [1.82, 2.24) is 0 Å². The minimum atomic E-state index is -0.276. The normalized spacial score (nSPS) is 14.6. The van der Waals surface area contributed by atoms with E-state index in [0.717, 1.165) is 5.69 Å². The van der Waals surface area contributed by atoms with Crippen LogP contribution in [0.3, 0.4) is 0 Å². The van der Waals surface area contributed by atoms with Gasteiger partial charge in [0, 0.05) is 47.8 Å². The third-order valence-corrected chi connectivity index (χ3v) is 13.6. The maximum atomic E-state index is 2.53. The molecule has 0 saturated heterocycles. The van der Waals surface area contributed by atoms with Gasteiger partial charge in [0.05, 0.1) is 5.69 Å². The zero-order valence-electron chi connectivity index (χ0n) is 30.9. The van der Waals surface area contributed by atoms with Crippen molar-refractivity contribution in [1.29, 1.82) is 0 Å². The van der Waals surface area contributed by atoms with Crippen molar-refractivity contribution in [3.8, 4) is 33.4 Å². The van der Waals surface area contributed by atoms with Gasteiger partial charge in [-0.2, -0.15) is 0 Å². The fraction of sp³-hybridized carbons (Fsp3) is 0.115. The predicted molar refractivity (Wildman–Crippen MR) is 232 cm³/mol. The number of anilines is 3. The van der Waals surface area contributed by atoms with Crippen molar-refractivity contribution in [2.24, 2.45) is 0 Å². The summed E-state index contributed by atoms with van der Waals surface area (Å²) in [6.07, 6.45) is 0. The van der Waals surface area contributed by atoms with Gasteiger partial charge in [0.1, 0.15) is 0 Å². The van der Waals surface area contributed by atoms with E-state index in [1.54, 1.807) is 0 Å². The number of fused-ring (bicyclic) bond motifs is 13. The first-order valence-electron chi connectivity index (χ1n) is 19.0. The Labute approximate surface area is 320 Å². The molecule has 0 radical (unpaired) electrons. The van der Waals surface area contributed by atoms with E-state index < -0.39 is 0 Å². The van der Waals surface area contributed by atoms with Crippen molar-refractivity contribution < 1.29 is 0 Å². The Morgan fingerprint density at radius 2 is 1.07 bits per heavy atom. The largest absolute Gasteiger partial charge is 0.310 e. The van der Waals surface area contributed by atoms with Gasteiger partial charge >= 0.3 is 0 Å². The molecular formula is C52H39NS. The van der Waals surface area contributed by atoms with Gasteiger partial charge in [-0.15, -0.1) is 11.3 Å². The quantitative estimate of drug-likeness (QED) is 0.176. The van der Waals surface area contributed by atoms with Crippen LogP contribution in [-0.4, -0.2) is 0 Å². The average Bonchev–Trinajstić information content (AvgIpc) is 3.79. The summed E-state index contributed by atoms with van der Waals surface area (Å²) in [7, 11) is 0. The van der Waals surface area contributed by atoms with E-state index in [-0.39, 0.29) is 10.8 Å². The molecular weight excluding hydrogens is 671 g/mol. The van der Waals surface area contributed by atoms with Crippen LogP contribution < -0.4 is 4.90 Å². The van der Waals surface area contributed by atoms with Crippen LogP contribution in [0.15, 0.2) is 164 Å². The van der Waals surface area contributed by atoms with Gasteiger partial charge in [0.2, 0.25) is 0 Å². The zero-order valence-corrected chi connectivity index (χ0v) is 31.8. The molecule has 258 valence electrons.